The Balaban J connectivity index is 1.84. The molecule has 3 heterocycles. The first kappa shape index (κ1) is 18.7. The smallest absolute Gasteiger partial charge is 0.222 e. The Morgan fingerprint density at radius 1 is 1.22 bits per heavy atom. The summed E-state index contributed by atoms with van der Waals surface area (Å²) in [5.41, 5.74) is 2.55. The van der Waals surface area contributed by atoms with Crippen molar-refractivity contribution < 1.29 is 9.84 Å². The molecule has 1 aliphatic heterocycles. The molecule has 0 saturated carbocycles. The third-order valence-electron chi connectivity index (χ3n) is 4.32. The molecule has 0 amide bonds. The molecule has 0 atom stereocenters. The van der Waals surface area contributed by atoms with E-state index in [9.17, 15) is 5.11 Å². The Kier molecular flexibility index (Phi) is 4.75. The highest BCUT2D eigenvalue weighted by atomic mass is 16.5. The molecule has 4 N–H and O–H groups in total. The number of pyridine rings is 1. The van der Waals surface area contributed by atoms with E-state index >= 15 is 0 Å². The van der Waals surface area contributed by atoms with Gasteiger partial charge in [-0.1, -0.05) is 6.07 Å². The molecule has 0 aromatic carbocycles. The first-order valence-electron chi connectivity index (χ1n) is 8.48. The number of hydrogen-bond donors (Lipinski definition) is 4. The van der Waals surface area contributed by atoms with E-state index in [1.807, 2.05) is 6.07 Å². The Morgan fingerprint density at radius 3 is 2.56 bits per heavy atom. The van der Waals surface area contributed by atoms with Crippen molar-refractivity contribution in [3.8, 4) is 5.75 Å². The van der Waals surface area contributed by atoms with Gasteiger partial charge in [0.1, 0.15) is 17.6 Å². The largest absolute Gasteiger partial charge is 0.433 e. The van der Waals surface area contributed by atoms with E-state index in [2.05, 4.69) is 20.3 Å². The van der Waals surface area contributed by atoms with Crippen LogP contribution in [0.15, 0.2) is 30.2 Å². The zero-order chi connectivity index (χ0) is 19.8. The third kappa shape index (κ3) is 3.70. The fourth-order valence-electron chi connectivity index (χ4n) is 2.65. The lowest BCUT2D eigenvalue weighted by atomic mass is 10.0. The fraction of sp³-hybridized carbons (Fsp3) is 0.316. The second-order valence-corrected chi connectivity index (χ2v) is 6.92. The molecule has 2 aromatic rings. The number of aliphatic hydroxyl groups is 1. The average molecular weight is 366 g/mol. The molecular formula is C19H22N6O2. The van der Waals surface area contributed by atoms with Gasteiger partial charge in [0.15, 0.2) is 11.6 Å². The van der Waals surface area contributed by atoms with Gasteiger partial charge >= 0.3 is 0 Å². The van der Waals surface area contributed by atoms with Crippen LogP contribution in [0.25, 0.3) is 5.57 Å². The number of anilines is 1. The van der Waals surface area contributed by atoms with E-state index in [4.69, 9.17) is 15.6 Å². The predicted molar refractivity (Wildman–Crippen MR) is 103 cm³/mol. The highest BCUT2D eigenvalue weighted by Crippen LogP contribution is 2.39. The van der Waals surface area contributed by atoms with E-state index < -0.39 is 5.60 Å². The van der Waals surface area contributed by atoms with E-state index in [-0.39, 0.29) is 5.90 Å². The number of fused-ring (bicyclic) bond motifs is 1. The van der Waals surface area contributed by atoms with Gasteiger partial charge in [-0.2, -0.15) is 0 Å². The minimum atomic E-state index is -0.985. The lowest BCUT2D eigenvalue weighted by molar-refractivity contribution is 0.0738. The number of nitrogens with zero attached hydrogens (tertiary/aromatic N) is 3. The first-order chi connectivity index (χ1) is 12.7. The average Bonchev–Trinajstić information content (AvgIpc) is 2.95. The second-order valence-electron chi connectivity index (χ2n) is 6.92. The van der Waals surface area contributed by atoms with Crippen LogP contribution < -0.4 is 10.1 Å². The predicted octanol–water partition coefficient (Wildman–Crippen LogP) is 2.89. The summed E-state index contributed by atoms with van der Waals surface area (Å²) in [6.07, 6.45) is 3.10. The van der Waals surface area contributed by atoms with Crippen LogP contribution in [0.2, 0.25) is 0 Å². The van der Waals surface area contributed by atoms with Crippen molar-refractivity contribution in [2.75, 3.05) is 5.32 Å². The molecule has 0 saturated heterocycles. The topological polar surface area (TPSA) is 128 Å². The number of nitrogens with one attached hydrogen (secondary N) is 3. The van der Waals surface area contributed by atoms with Gasteiger partial charge in [-0.15, -0.1) is 0 Å². The van der Waals surface area contributed by atoms with Crippen molar-refractivity contribution in [1.82, 2.24) is 15.0 Å². The lowest BCUT2D eigenvalue weighted by Crippen LogP contribution is -2.17. The molecule has 0 bridgehead atoms. The summed E-state index contributed by atoms with van der Waals surface area (Å²) in [5, 5.41) is 29.0. The SMILES string of the molecule is CC(=N)/C(C)=C1\C(=N)Oc2c(NCc3ccc(C(C)(C)O)nc3)ncnc21. The first-order valence-corrected chi connectivity index (χ1v) is 8.48. The third-order valence-corrected chi connectivity index (χ3v) is 4.32. The molecule has 0 radical (unpaired) electrons. The van der Waals surface area contributed by atoms with E-state index in [1.165, 1.54) is 6.33 Å². The van der Waals surface area contributed by atoms with Crippen molar-refractivity contribution in [2.45, 2.75) is 39.8 Å². The summed E-state index contributed by atoms with van der Waals surface area (Å²) in [4.78, 5) is 12.7. The van der Waals surface area contributed by atoms with Gasteiger partial charge in [-0.05, 0) is 44.9 Å². The molecule has 0 aliphatic carbocycles. The number of aromatic nitrogens is 3. The molecule has 8 heteroatoms. The van der Waals surface area contributed by atoms with Crippen molar-refractivity contribution >= 4 is 23.0 Å². The molecule has 3 rings (SSSR count). The Labute approximate surface area is 157 Å². The van der Waals surface area contributed by atoms with Crippen LogP contribution in [0, 0.1) is 10.8 Å². The van der Waals surface area contributed by atoms with Crippen LogP contribution in [-0.2, 0) is 12.1 Å². The van der Waals surface area contributed by atoms with Crippen molar-refractivity contribution in [3.05, 3.63) is 47.2 Å². The molecule has 0 unspecified atom stereocenters. The van der Waals surface area contributed by atoms with Crippen LogP contribution in [0.4, 0.5) is 5.82 Å². The van der Waals surface area contributed by atoms with E-state index in [0.29, 0.717) is 46.4 Å². The van der Waals surface area contributed by atoms with E-state index in [1.54, 1.807) is 40.0 Å². The summed E-state index contributed by atoms with van der Waals surface area (Å²) in [7, 11) is 0. The number of rotatable bonds is 5. The minimum absolute atomic E-state index is 0.0335. The van der Waals surface area contributed by atoms with Crippen LogP contribution in [0.1, 0.15) is 44.6 Å². The maximum atomic E-state index is 9.98. The van der Waals surface area contributed by atoms with Gasteiger partial charge in [-0.3, -0.25) is 10.4 Å². The number of hydrogen-bond acceptors (Lipinski definition) is 8. The molecular weight excluding hydrogens is 344 g/mol. The summed E-state index contributed by atoms with van der Waals surface area (Å²) >= 11 is 0. The summed E-state index contributed by atoms with van der Waals surface area (Å²) in [6, 6.07) is 3.66. The summed E-state index contributed by atoms with van der Waals surface area (Å²) < 4.78 is 5.57. The van der Waals surface area contributed by atoms with Gasteiger partial charge < -0.3 is 20.6 Å². The maximum absolute atomic E-state index is 9.98. The maximum Gasteiger partial charge on any atom is 0.222 e. The molecule has 2 aromatic heterocycles. The Bertz CT molecular complexity index is 942. The molecule has 1 aliphatic rings. The standard InChI is InChI=1S/C19H22N6O2/c1-10(11(2)20)14-15-16(27-17(14)21)18(25-9-24-15)23-8-12-5-6-13(22-7-12)19(3,4)26/h5-7,9,20-21,26H,8H2,1-4H3,(H,23,24,25)/b14-10-,20-11?,21-17?. The van der Waals surface area contributed by atoms with Crippen LogP contribution in [0.5, 0.6) is 5.75 Å². The molecule has 8 nitrogen and oxygen atoms in total. The number of allylic oxidation sites excluding steroid dienone is 1. The van der Waals surface area contributed by atoms with Crippen LogP contribution in [-0.4, -0.2) is 31.7 Å². The lowest BCUT2D eigenvalue weighted by Gasteiger charge is -2.16. The van der Waals surface area contributed by atoms with Crippen LogP contribution in [0.3, 0.4) is 0 Å². The Hall–Kier alpha value is -3.13. The molecule has 0 spiro atoms. The summed E-state index contributed by atoms with van der Waals surface area (Å²) in [6.45, 7) is 7.26. The highest BCUT2D eigenvalue weighted by molar-refractivity contribution is 6.28. The van der Waals surface area contributed by atoms with Crippen molar-refractivity contribution in [3.63, 3.8) is 0 Å². The normalized spacial score (nSPS) is 15.2. The Morgan fingerprint density at radius 2 is 1.96 bits per heavy atom. The van der Waals surface area contributed by atoms with Crippen molar-refractivity contribution in [1.29, 1.82) is 10.8 Å². The monoisotopic (exact) mass is 366 g/mol. The molecule has 140 valence electrons. The van der Waals surface area contributed by atoms with Crippen LogP contribution >= 0.6 is 0 Å². The quantitative estimate of drug-likeness (QED) is 0.602. The molecule has 27 heavy (non-hydrogen) atoms. The van der Waals surface area contributed by atoms with E-state index in [0.717, 1.165) is 5.56 Å². The second kappa shape index (κ2) is 6.88. The fourth-order valence-corrected chi connectivity index (χ4v) is 2.65. The minimum Gasteiger partial charge on any atom is -0.433 e. The van der Waals surface area contributed by atoms with Gasteiger partial charge in [0.2, 0.25) is 5.90 Å². The highest BCUT2D eigenvalue weighted by Gasteiger charge is 2.31. The van der Waals surface area contributed by atoms with Gasteiger partial charge in [0, 0.05) is 18.5 Å². The van der Waals surface area contributed by atoms with Crippen molar-refractivity contribution in [2.24, 2.45) is 0 Å². The zero-order valence-corrected chi connectivity index (χ0v) is 15.7. The number of ether oxygens (including phenoxy) is 1. The van der Waals surface area contributed by atoms with Gasteiger partial charge in [0.05, 0.1) is 11.3 Å². The zero-order valence-electron chi connectivity index (χ0n) is 15.7. The summed E-state index contributed by atoms with van der Waals surface area (Å²) in [5.74, 6) is 0.828. The van der Waals surface area contributed by atoms with Gasteiger partial charge in [0.25, 0.3) is 0 Å². The van der Waals surface area contributed by atoms with Gasteiger partial charge in [-0.25, -0.2) is 9.97 Å². The molecule has 0 fully saturated rings.